The van der Waals surface area contributed by atoms with Crippen molar-refractivity contribution in [2.45, 2.75) is 11.2 Å². The monoisotopic (exact) mass is 257 g/mol. The molecule has 2 rings (SSSR count). The van der Waals surface area contributed by atoms with Crippen LogP contribution in [-0.2, 0) is 0 Å². The minimum atomic E-state index is 0.553. The summed E-state index contributed by atoms with van der Waals surface area (Å²) in [6.45, 7) is 1.97. The third-order valence-corrected chi connectivity index (χ3v) is 2.99. The van der Waals surface area contributed by atoms with Crippen LogP contribution in [0.4, 0.5) is 5.95 Å². The van der Waals surface area contributed by atoms with Gasteiger partial charge in [-0.3, -0.25) is 0 Å². The average molecular weight is 258 g/mol. The molecule has 0 aromatic carbocycles. The molecule has 0 N–H and O–H groups in total. The molecule has 0 saturated carbocycles. The molecule has 1 saturated heterocycles. The fourth-order valence-electron chi connectivity index (χ4n) is 1.50. The molecule has 14 heavy (non-hydrogen) atoms. The largest absolute Gasteiger partial charge is 0.481 e. The SMILES string of the molecule is COc1ccnc(N2CCC(Br)C2)n1. The van der Waals surface area contributed by atoms with Crippen LogP contribution in [-0.4, -0.2) is 35.0 Å². The molecule has 0 spiro atoms. The number of ether oxygens (including phenoxy) is 1. The number of nitrogens with zero attached hydrogens (tertiary/aromatic N) is 3. The predicted molar refractivity (Wildman–Crippen MR) is 58.1 cm³/mol. The van der Waals surface area contributed by atoms with Crippen molar-refractivity contribution in [1.29, 1.82) is 0 Å². The van der Waals surface area contributed by atoms with Crippen molar-refractivity contribution in [3.05, 3.63) is 12.3 Å². The molecule has 0 amide bonds. The first-order chi connectivity index (χ1) is 6.79. The third kappa shape index (κ3) is 1.97. The van der Waals surface area contributed by atoms with Gasteiger partial charge in [-0.15, -0.1) is 0 Å². The third-order valence-electron chi connectivity index (χ3n) is 2.24. The van der Waals surface area contributed by atoms with Gasteiger partial charge < -0.3 is 9.64 Å². The molecule has 1 unspecified atom stereocenters. The van der Waals surface area contributed by atoms with E-state index in [0.717, 1.165) is 25.5 Å². The van der Waals surface area contributed by atoms with E-state index >= 15 is 0 Å². The maximum atomic E-state index is 5.05. The second-order valence-corrected chi connectivity index (χ2v) is 4.53. The van der Waals surface area contributed by atoms with Gasteiger partial charge >= 0.3 is 0 Å². The van der Waals surface area contributed by atoms with Crippen LogP contribution in [0.2, 0.25) is 0 Å². The van der Waals surface area contributed by atoms with Gasteiger partial charge in [0.25, 0.3) is 0 Å². The summed E-state index contributed by atoms with van der Waals surface area (Å²) in [6.07, 6.45) is 2.86. The Morgan fingerprint density at radius 3 is 3.14 bits per heavy atom. The average Bonchev–Trinajstić information content (AvgIpc) is 2.65. The molecular weight excluding hydrogens is 246 g/mol. The van der Waals surface area contributed by atoms with Crippen molar-refractivity contribution in [3.8, 4) is 5.88 Å². The van der Waals surface area contributed by atoms with Crippen LogP contribution in [0.3, 0.4) is 0 Å². The molecule has 0 radical (unpaired) electrons. The minimum absolute atomic E-state index is 0.553. The molecule has 1 atom stereocenters. The molecule has 0 bridgehead atoms. The topological polar surface area (TPSA) is 38.2 Å². The maximum absolute atomic E-state index is 5.05. The van der Waals surface area contributed by atoms with E-state index in [1.54, 1.807) is 19.4 Å². The number of rotatable bonds is 2. The fourth-order valence-corrected chi connectivity index (χ4v) is 2.05. The van der Waals surface area contributed by atoms with E-state index in [1.165, 1.54) is 0 Å². The Bertz CT molecular complexity index is 321. The van der Waals surface area contributed by atoms with Crippen LogP contribution in [0.25, 0.3) is 0 Å². The highest BCUT2D eigenvalue weighted by Crippen LogP contribution is 2.21. The minimum Gasteiger partial charge on any atom is -0.481 e. The van der Waals surface area contributed by atoms with Gasteiger partial charge in [0.1, 0.15) is 0 Å². The second-order valence-electron chi connectivity index (χ2n) is 3.23. The molecular formula is C9H12BrN3O. The summed E-state index contributed by atoms with van der Waals surface area (Å²) in [5, 5.41) is 0. The van der Waals surface area contributed by atoms with Crippen molar-refractivity contribution in [2.24, 2.45) is 0 Å². The Morgan fingerprint density at radius 2 is 2.50 bits per heavy atom. The van der Waals surface area contributed by atoms with Crippen molar-refractivity contribution in [2.75, 3.05) is 25.1 Å². The number of hydrogen-bond acceptors (Lipinski definition) is 4. The quantitative estimate of drug-likeness (QED) is 0.753. The van der Waals surface area contributed by atoms with E-state index in [1.807, 2.05) is 0 Å². The van der Waals surface area contributed by atoms with Crippen LogP contribution in [0.1, 0.15) is 6.42 Å². The molecule has 1 fully saturated rings. The van der Waals surface area contributed by atoms with Gasteiger partial charge in [-0.2, -0.15) is 4.98 Å². The van der Waals surface area contributed by atoms with Gasteiger partial charge in [-0.05, 0) is 6.42 Å². The Kier molecular flexibility index (Phi) is 2.86. The molecule has 1 aliphatic heterocycles. The summed E-state index contributed by atoms with van der Waals surface area (Å²) in [4.78, 5) is 11.2. The van der Waals surface area contributed by atoms with E-state index in [-0.39, 0.29) is 0 Å². The van der Waals surface area contributed by atoms with Gasteiger partial charge in [0.05, 0.1) is 7.11 Å². The van der Waals surface area contributed by atoms with Crippen molar-refractivity contribution >= 4 is 21.9 Å². The van der Waals surface area contributed by atoms with Crippen molar-refractivity contribution < 1.29 is 4.74 Å². The van der Waals surface area contributed by atoms with Gasteiger partial charge in [0, 0.05) is 30.2 Å². The highest BCUT2D eigenvalue weighted by Gasteiger charge is 2.22. The molecule has 4 nitrogen and oxygen atoms in total. The van der Waals surface area contributed by atoms with Crippen LogP contribution >= 0.6 is 15.9 Å². The molecule has 1 aromatic rings. The maximum Gasteiger partial charge on any atom is 0.228 e. The summed E-state index contributed by atoms with van der Waals surface area (Å²) >= 11 is 3.58. The Morgan fingerprint density at radius 1 is 1.64 bits per heavy atom. The zero-order valence-electron chi connectivity index (χ0n) is 7.98. The normalized spacial score (nSPS) is 21.3. The van der Waals surface area contributed by atoms with Gasteiger partial charge in [0.15, 0.2) is 0 Å². The lowest BCUT2D eigenvalue weighted by atomic mass is 10.4. The molecule has 1 aliphatic rings. The molecule has 76 valence electrons. The number of anilines is 1. The molecule has 5 heteroatoms. The lowest BCUT2D eigenvalue weighted by Crippen LogP contribution is -2.22. The predicted octanol–water partition coefficient (Wildman–Crippen LogP) is 1.46. The summed E-state index contributed by atoms with van der Waals surface area (Å²) in [6, 6.07) is 1.76. The summed E-state index contributed by atoms with van der Waals surface area (Å²) in [5.41, 5.74) is 0. The van der Waals surface area contributed by atoms with Crippen LogP contribution in [0.5, 0.6) is 5.88 Å². The number of aromatic nitrogens is 2. The fraction of sp³-hybridized carbons (Fsp3) is 0.556. The summed E-state index contributed by atoms with van der Waals surface area (Å²) < 4.78 is 5.05. The summed E-state index contributed by atoms with van der Waals surface area (Å²) in [5.74, 6) is 1.37. The van der Waals surface area contributed by atoms with E-state index in [2.05, 4.69) is 30.8 Å². The number of alkyl halides is 1. The standard InChI is InChI=1S/C9H12BrN3O/c1-14-8-2-4-11-9(12-8)13-5-3-7(10)6-13/h2,4,7H,3,5-6H2,1H3. The van der Waals surface area contributed by atoms with Gasteiger partial charge in [0.2, 0.25) is 11.8 Å². The van der Waals surface area contributed by atoms with Crippen LogP contribution in [0.15, 0.2) is 12.3 Å². The zero-order valence-corrected chi connectivity index (χ0v) is 9.57. The first kappa shape index (κ1) is 9.71. The van der Waals surface area contributed by atoms with E-state index < -0.39 is 0 Å². The lowest BCUT2D eigenvalue weighted by Gasteiger charge is -2.15. The lowest BCUT2D eigenvalue weighted by molar-refractivity contribution is 0.397. The molecule has 0 aliphatic carbocycles. The van der Waals surface area contributed by atoms with Gasteiger partial charge in [-0.25, -0.2) is 4.98 Å². The smallest absolute Gasteiger partial charge is 0.228 e. The summed E-state index contributed by atoms with van der Waals surface area (Å²) in [7, 11) is 1.61. The van der Waals surface area contributed by atoms with E-state index in [9.17, 15) is 0 Å². The van der Waals surface area contributed by atoms with Crippen LogP contribution < -0.4 is 9.64 Å². The number of methoxy groups -OCH3 is 1. The van der Waals surface area contributed by atoms with E-state index in [0.29, 0.717) is 10.7 Å². The highest BCUT2D eigenvalue weighted by atomic mass is 79.9. The molecule has 2 heterocycles. The second kappa shape index (κ2) is 4.13. The first-order valence-electron chi connectivity index (χ1n) is 4.55. The van der Waals surface area contributed by atoms with Crippen molar-refractivity contribution in [3.63, 3.8) is 0 Å². The Hall–Kier alpha value is -0.840. The van der Waals surface area contributed by atoms with Crippen LogP contribution in [0, 0.1) is 0 Å². The van der Waals surface area contributed by atoms with Crippen molar-refractivity contribution in [1.82, 2.24) is 9.97 Å². The van der Waals surface area contributed by atoms with E-state index in [4.69, 9.17) is 4.74 Å². The number of halogens is 1. The number of hydrogen-bond donors (Lipinski definition) is 0. The highest BCUT2D eigenvalue weighted by molar-refractivity contribution is 9.09. The Labute approximate surface area is 91.4 Å². The molecule has 1 aromatic heterocycles. The van der Waals surface area contributed by atoms with Gasteiger partial charge in [-0.1, -0.05) is 15.9 Å². The first-order valence-corrected chi connectivity index (χ1v) is 5.47. The Balaban J connectivity index is 2.15. The zero-order chi connectivity index (χ0) is 9.97.